The molecule has 0 amide bonds. The zero-order valence-electron chi connectivity index (χ0n) is 5.20. The second-order valence-corrected chi connectivity index (χ2v) is 4.53. The van der Waals surface area contributed by atoms with Gasteiger partial charge in [-0.25, -0.2) is 0 Å². The van der Waals surface area contributed by atoms with Crippen molar-refractivity contribution in [3.63, 3.8) is 0 Å². The highest BCUT2D eigenvalue weighted by Crippen LogP contribution is 2.30. The quantitative estimate of drug-likeness (QED) is 0.611. The Morgan fingerprint density at radius 2 is 2.50 bits per heavy atom. The Bertz CT molecular complexity index is 232. The van der Waals surface area contributed by atoms with Gasteiger partial charge in [-0.05, 0) is 22.6 Å². The average molecular weight is 263 g/mol. The maximum atomic E-state index is 4.30. The highest BCUT2D eigenvalue weighted by molar-refractivity contribution is 14.1. The summed E-state index contributed by atoms with van der Waals surface area (Å²) >= 11 is 4.14. The van der Waals surface area contributed by atoms with Gasteiger partial charge < -0.3 is 0 Å². The van der Waals surface area contributed by atoms with E-state index < -0.39 is 0 Å². The fourth-order valence-electron chi connectivity index (χ4n) is 1.04. The number of allylic oxidation sites excluding steroid dienone is 2. The normalized spacial score (nSPS) is 35.9. The molecule has 0 radical (unpaired) electrons. The highest BCUT2D eigenvalue weighted by atomic mass is 127. The number of thioether (sulfide) groups is 1. The second-order valence-electron chi connectivity index (χ2n) is 2.26. The molecule has 0 N–H and O–H groups in total. The summed E-state index contributed by atoms with van der Waals surface area (Å²) in [5, 5.41) is 0.580. The number of halogens is 1. The number of nitrogens with zero attached hydrogens (tertiary/aromatic N) is 1. The number of hydrogen-bond donors (Lipinski definition) is 0. The SMILES string of the molecule is IC1=CC2SC=NC2C=C1. The molecule has 0 fully saturated rings. The van der Waals surface area contributed by atoms with Gasteiger partial charge in [-0.3, -0.25) is 4.99 Å². The molecule has 0 aromatic heterocycles. The lowest BCUT2D eigenvalue weighted by Crippen LogP contribution is -2.14. The van der Waals surface area contributed by atoms with Gasteiger partial charge in [0.05, 0.1) is 16.8 Å². The first kappa shape index (κ1) is 6.91. The highest BCUT2D eigenvalue weighted by Gasteiger charge is 2.22. The third kappa shape index (κ3) is 1.16. The van der Waals surface area contributed by atoms with E-state index in [-0.39, 0.29) is 0 Å². The molecule has 0 aromatic rings. The lowest BCUT2D eigenvalue weighted by Gasteiger charge is -2.13. The van der Waals surface area contributed by atoms with Gasteiger partial charge in [0.15, 0.2) is 0 Å². The third-order valence-electron chi connectivity index (χ3n) is 1.56. The minimum Gasteiger partial charge on any atom is -0.277 e. The molecule has 2 rings (SSSR count). The van der Waals surface area contributed by atoms with Crippen molar-refractivity contribution in [2.75, 3.05) is 0 Å². The molecule has 0 bridgehead atoms. The van der Waals surface area contributed by atoms with E-state index in [1.165, 1.54) is 3.58 Å². The fraction of sp³-hybridized carbons (Fsp3) is 0.286. The van der Waals surface area contributed by atoms with E-state index in [0.29, 0.717) is 11.3 Å². The van der Waals surface area contributed by atoms with Gasteiger partial charge in [0.1, 0.15) is 0 Å². The molecule has 2 unspecified atom stereocenters. The van der Waals surface area contributed by atoms with Crippen LogP contribution in [0.15, 0.2) is 26.8 Å². The first-order valence-electron chi connectivity index (χ1n) is 3.09. The van der Waals surface area contributed by atoms with Crippen LogP contribution in [0.2, 0.25) is 0 Å². The first-order chi connectivity index (χ1) is 4.86. The van der Waals surface area contributed by atoms with E-state index in [1.54, 1.807) is 11.8 Å². The molecule has 10 heavy (non-hydrogen) atoms. The molecule has 1 aliphatic heterocycles. The Labute approximate surface area is 77.8 Å². The van der Waals surface area contributed by atoms with E-state index in [1.807, 2.05) is 5.55 Å². The first-order valence-corrected chi connectivity index (χ1v) is 5.11. The van der Waals surface area contributed by atoms with Gasteiger partial charge in [0, 0.05) is 3.58 Å². The molecular formula is C7H6INS. The zero-order chi connectivity index (χ0) is 6.97. The fourth-order valence-corrected chi connectivity index (χ4v) is 2.78. The Morgan fingerprint density at radius 1 is 1.60 bits per heavy atom. The van der Waals surface area contributed by atoms with Gasteiger partial charge in [-0.2, -0.15) is 0 Å². The maximum Gasteiger partial charge on any atom is 0.0847 e. The van der Waals surface area contributed by atoms with Crippen LogP contribution in [0.25, 0.3) is 0 Å². The Kier molecular flexibility index (Phi) is 1.86. The molecular weight excluding hydrogens is 257 g/mol. The molecule has 2 atom stereocenters. The predicted molar refractivity (Wildman–Crippen MR) is 54.9 cm³/mol. The average Bonchev–Trinajstić information content (AvgIpc) is 2.33. The molecule has 1 nitrogen and oxygen atoms in total. The van der Waals surface area contributed by atoms with E-state index in [2.05, 4.69) is 45.8 Å². The molecule has 0 aromatic carbocycles. The molecule has 1 heterocycles. The van der Waals surface area contributed by atoms with Crippen LogP contribution >= 0.6 is 34.4 Å². The van der Waals surface area contributed by atoms with Crippen molar-refractivity contribution in [3.05, 3.63) is 21.8 Å². The summed E-state index contributed by atoms with van der Waals surface area (Å²) in [5.41, 5.74) is 1.95. The number of rotatable bonds is 0. The van der Waals surface area contributed by atoms with E-state index >= 15 is 0 Å². The van der Waals surface area contributed by atoms with Crippen LogP contribution in [0.4, 0.5) is 0 Å². The maximum absolute atomic E-state index is 4.30. The lowest BCUT2D eigenvalue weighted by molar-refractivity contribution is 0.863. The Hall–Kier alpha value is 0.230. The van der Waals surface area contributed by atoms with Gasteiger partial charge in [0.25, 0.3) is 0 Å². The molecule has 52 valence electrons. The summed E-state index contributed by atoms with van der Waals surface area (Å²) < 4.78 is 1.33. The summed E-state index contributed by atoms with van der Waals surface area (Å²) in [6, 6.07) is 0.420. The van der Waals surface area contributed by atoms with Crippen molar-refractivity contribution in [2.24, 2.45) is 4.99 Å². The smallest absolute Gasteiger partial charge is 0.0847 e. The van der Waals surface area contributed by atoms with Gasteiger partial charge in [-0.15, -0.1) is 11.8 Å². The lowest BCUT2D eigenvalue weighted by atomic mass is 10.1. The van der Waals surface area contributed by atoms with Gasteiger partial charge in [-0.1, -0.05) is 18.2 Å². The summed E-state index contributed by atoms with van der Waals surface area (Å²) in [4.78, 5) is 4.30. The van der Waals surface area contributed by atoms with Crippen LogP contribution in [0.5, 0.6) is 0 Å². The molecule has 0 saturated carbocycles. The van der Waals surface area contributed by atoms with Crippen molar-refractivity contribution < 1.29 is 0 Å². The van der Waals surface area contributed by atoms with Crippen LogP contribution in [0.3, 0.4) is 0 Å². The molecule has 0 saturated heterocycles. The van der Waals surface area contributed by atoms with Crippen LogP contribution in [0.1, 0.15) is 0 Å². The van der Waals surface area contributed by atoms with Crippen molar-refractivity contribution in [3.8, 4) is 0 Å². The van der Waals surface area contributed by atoms with Gasteiger partial charge >= 0.3 is 0 Å². The largest absolute Gasteiger partial charge is 0.277 e. The topological polar surface area (TPSA) is 12.4 Å². The minimum atomic E-state index is 0.420. The summed E-state index contributed by atoms with van der Waals surface area (Å²) in [5.74, 6) is 0. The van der Waals surface area contributed by atoms with Crippen molar-refractivity contribution in [1.82, 2.24) is 0 Å². The monoisotopic (exact) mass is 263 g/mol. The van der Waals surface area contributed by atoms with Crippen molar-refractivity contribution in [2.45, 2.75) is 11.3 Å². The van der Waals surface area contributed by atoms with Crippen molar-refractivity contribution in [1.29, 1.82) is 0 Å². The van der Waals surface area contributed by atoms with Crippen LogP contribution in [-0.2, 0) is 0 Å². The summed E-state index contributed by atoms with van der Waals surface area (Å²) in [6.45, 7) is 0. The Balaban J connectivity index is 2.25. The van der Waals surface area contributed by atoms with Gasteiger partial charge in [0.2, 0.25) is 0 Å². The Morgan fingerprint density at radius 3 is 3.40 bits per heavy atom. The second kappa shape index (κ2) is 2.70. The van der Waals surface area contributed by atoms with Crippen LogP contribution in [-0.4, -0.2) is 16.8 Å². The van der Waals surface area contributed by atoms with E-state index in [9.17, 15) is 0 Å². The zero-order valence-corrected chi connectivity index (χ0v) is 8.17. The standard InChI is InChI=1S/C7H6INS/c8-5-1-2-6-7(3-5)10-4-9-6/h1-4,6-7H. The predicted octanol–water partition coefficient (Wildman–Crippen LogP) is 2.39. The molecule has 0 spiro atoms. The number of aliphatic imine (C=N–C) groups is 1. The molecule has 3 heteroatoms. The third-order valence-corrected chi connectivity index (χ3v) is 3.26. The number of hydrogen-bond acceptors (Lipinski definition) is 2. The summed E-state index contributed by atoms with van der Waals surface area (Å²) in [7, 11) is 0. The van der Waals surface area contributed by atoms with Crippen molar-refractivity contribution >= 4 is 39.9 Å². The minimum absolute atomic E-state index is 0.420. The van der Waals surface area contributed by atoms with E-state index in [4.69, 9.17) is 0 Å². The van der Waals surface area contributed by atoms with Crippen LogP contribution < -0.4 is 0 Å². The van der Waals surface area contributed by atoms with E-state index in [0.717, 1.165) is 0 Å². The molecule has 2 aliphatic rings. The van der Waals surface area contributed by atoms with Crippen LogP contribution in [0, 0.1) is 0 Å². The summed E-state index contributed by atoms with van der Waals surface area (Å²) in [6.07, 6.45) is 6.57. The number of fused-ring (bicyclic) bond motifs is 1. The molecule has 1 aliphatic carbocycles.